The topological polar surface area (TPSA) is 63.5 Å². The summed E-state index contributed by atoms with van der Waals surface area (Å²) in [5.74, 6) is -0.0269. The van der Waals surface area contributed by atoms with Gasteiger partial charge in [-0.15, -0.1) is 0 Å². The molecule has 5 heteroatoms. The maximum atomic E-state index is 11.9. The predicted molar refractivity (Wildman–Crippen MR) is 94.0 cm³/mol. The molecule has 1 aliphatic carbocycles. The maximum absolute atomic E-state index is 11.9. The van der Waals surface area contributed by atoms with Crippen molar-refractivity contribution in [3.05, 3.63) is 81.6 Å². The van der Waals surface area contributed by atoms with Crippen molar-refractivity contribution in [1.82, 2.24) is 0 Å². The van der Waals surface area contributed by atoms with E-state index in [9.17, 15) is 14.9 Å². The first-order valence-electron chi connectivity index (χ1n) is 7.66. The molecule has 0 fully saturated rings. The van der Waals surface area contributed by atoms with Crippen LogP contribution in [0.2, 0.25) is 0 Å². The number of anilines is 1. The van der Waals surface area contributed by atoms with E-state index in [-0.39, 0.29) is 21.8 Å². The Labute approximate surface area is 140 Å². The summed E-state index contributed by atoms with van der Waals surface area (Å²) >= 11 is 0. The van der Waals surface area contributed by atoms with Gasteiger partial charge in [0.1, 0.15) is 0 Å². The van der Waals surface area contributed by atoms with Gasteiger partial charge in [-0.2, -0.15) is 0 Å². The summed E-state index contributed by atoms with van der Waals surface area (Å²) < 4.78 is 0. The minimum atomic E-state index is -0.384. The van der Waals surface area contributed by atoms with E-state index in [4.69, 9.17) is 0 Å². The van der Waals surface area contributed by atoms with Gasteiger partial charge in [-0.05, 0) is 29.9 Å². The molecular weight excluding hydrogens is 304 g/mol. The molecule has 1 aromatic carbocycles. The second kappa shape index (κ2) is 5.60. The van der Waals surface area contributed by atoms with Crippen LogP contribution in [0.25, 0.3) is 0 Å². The molecular formula is C19H18N2O3. The lowest BCUT2D eigenvalue weighted by molar-refractivity contribution is -0.384. The van der Waals surface area contributed by atoms with Crippen LogP contribution >= 0.6 is 0 Å². The molecule has 24 heavy (non-hydrogen) atoms. The number of nitro groups is 1. The van der Waals surface area contributed by atoms with E-state index in [1.807, 2.05) is 37.9 Å². The summed E-state index contributed by atoms with van der Waals surface area (Å²) in [4.78, 5) is 24.6. The van der Waals surface area contributed by atoms with Gasteiger partial charge in [0, 0.05) is 41.6 Å². The molecule has 0 aromatic heterocycles. The van der Waals surface area contributed by atoms with Crippen LogP contribution in [-0.4, -0.2) is 17.8 Å². The first-order chi connectivity index (χ1) is 11.3. The van der Waals surface area contributed by atoms with Crippen molar-refractivity contribution in [3.8, 4) is 0 Å². The van der Waals surface area contributed by atoms with Gasteiger partial charge in [0.15, 0.2) is 5.78 Å². The number of carbonyl (C=O) groups is 1. The van der Waals surface area contributed by atoms with Gasteiger partial charge >= 0.3 is 0 Å². The standard InChI is InChI=1S/C19H18N2O3/c1-19(2)15-12-14(21(23)24)9-10-16(15)20(3)18(19)11-8-13-6-4-5-7-17(13)22/h4-12H,1-3H3. The van der Waals surface area contributed by atoms with Gasteiger partial charge in [-0.3, -0.25) is 14.9 Å². The van der Waals surface area contributed by atoms with Crippen LogP contribution in [0.5, 0.6) is 0 Å². The highest BCUT2D eigenvalue weighted by atomic mass is 16.6. The molecule has 1 aromatic rings. The zero-order valence-electron chi connectivity index (χ0n) is 13.8. The third kappa shape index (κ3) is 2.48. The third-order valence-corrected chi connectivity index (χ3v) is 4.57. The van der Waals surface area contributed by atoms with Gasteiger partial charge in [0.25, 0.3) is 5.69 Å². The Bertz CT molecular complexity index is 857. The highest BCUT2D eigenvalue weighted by Gasteiger charge is 2.39. The van der Waals surface area contributed by atoms with Crippen molar-refractivity contribution >= 4 is 17.2 Å². The van der Waals surface area contributed by atoms with Gasteiger partial charge in [-0.1, -0.05) is 32.1 Å². The number of ketones is 1. The molecule has 0 saturated heterocycles. The number of likely N-dealkylation sites (N-methyl/N-ethyl adjacent to an activating group) is 1. The van der Waals surface area contributed by atoms with E-state index >= 15 is 0 Å². The fourth-order valence-corrected chi connectivity index (χ4v) is 3.22. The second-order valence-electron chi connectivity index (χ2n) is 6.40. The Morgan fingerprint density at radius 1 is 1.17 bits per heavy atom. The molecule has 5 nitrogen and oxygen atoms in total. The van der Waals surface area contributed by atoms with Crippen molar-refractivity contribution in [2.24, 2.45) is 0 Å². The van der Waals surface area contributed by atoms with Gasteiger partial charge < -0.3 is 4.90 Å². The quantitative estimate of drug-likeness (QED) is 0.471. The largest absolute Gasteiger partial charge is 0.347 e. The van der Waals surface area contributed by atoms with Crippen molar-refractivity contribution < 1.29 is 9.72 Å². The molecule has 0 atom stereocenters. The van der Waals surface area contributed by atoms with Gasteiger partial charge in [-0.25, -0.2) is 0 Å². The number of nitrogens with zero attached hydrogens (tertiary/aromatic N) is 2. The zero-order chi connectivity index (χ0) is 17.5. The number of hydrogen-bond donors (Lipinski definition) is 0. The molecule has 0 radical (unpaired) electrons. The molecule has 0 unspecified atom stereocenters. The number of nitro benzene ring substituents is 1. The highest BCUT2D eigenvalue weighted by molar-refractivity contribution is 6.07. The second-order valence-corrected chi connectivity index (χ2v) is 6.40. The van der Waals surface area contributed by atoms with E-state index in [2.05, 4.69) is 0 Å². The number of carbonyl (C=O) groups excluding carboxylic acids is 1. The van der Waals surface area contributed by atoms with Crippen LogP contribution < -0.4 is 4.90 Å². The smallest absolute Gasteiger partial charge is 0.269 e. The Kier molecular flexibility index (Phi) is 3.72. The lowest BCUT2D eigenvalue weighted by atomic mass is 9.83. The highest BCUT2D eigenvalue weighted by Crippen LogP contribution is 2.48. The molecule has 0 N–H and O–H groups in total. The fourth-order valence-electron chi connectivity index (χ4n) is 3.22. The monoisotopic (exact) mass is 322 g/mol. The first-order valence-corrected chi connectivity index (χ1v) is 7.66. The Hall–Kier alpha value is -2.95. The van der Waals surface area contributed by atoms with Crippen molar-refractivity contribution in [2.45, 2.75) is 19.3 Å². The molecule has 3 rings (SSSR count). The Morgan fingerprint density at radius 2 is 1.88 bits per heavy atom. The number of fused-ring (bicyclic) bond motifs is 1. The van der Waals surface area contributed by atoms with E-state index in [1.165, 1.54) is 12.1 Å². The molecule has 1 heterocycles. The van der Waals surface area contributed by atoms with Crippen LogP contribution in [-0.2, 0) is 10.2 Å². The average molecular weight is 322 g/mol. The lowest BCUT2D eigenvalue weighted by Crippen LogP contribution is -2.22. The van der Waals surface area contributed by atoms with Gasteiger partial charge in [0.2, 0.25) is 0 Å². The molecule has 0 saturated carbocycles. The van der Waals surface area contributed by atoms with E-state index in [0.29, 0.717) is 5.57 Å². The van der Waals surface area contributed by atoms with Crippen LogP contribution in [0, 0.1) is 10.1 Å². The fraction of sp³-hybridized carbons (Fsp3) is 0.211. The summed E-state index contributed by atoms with van der Waals surface area (Å²) in [5.41, 5.74) is 3.17. The van der Waals surface area contributed by atoms with Crippen LogP contribution in [0.15, 0.2) is 65.9 Å². The summed E-state index contributed by atoms with van der Waals surface area (Å²) in [5, 5.41) is 11.1. The number of non-ortho nitro benzene ring substituents is 1. The molecule has 0 bridgehead atoms. The number of allylic oxidation sites excluding steroid dienone is 8. The average Bonchev–Trinajstić information content (AvgIpc) is 2.73. The molecule has 1 aliphatic heterocycles. The van der Waals surface area contributed by atoms with Crippen molar-refractivity contribution in [3.63, 3.8) is 0 Å². The lowest BCUT2D eigenvalue weighted by Gasteiger charge is -2.23. The van der Waals surface area contributed by atoms with Crippen LogP contribution in [0.1, 0.15) is 19.4 Å². The van der Waals surface area contributed by atoms with Gasteiger partial charge in [0.05, 0.1) is 4.92 Å². The number of hydrogen-bond acceptors (Lipinski definition) is 4. The summed E-state index contributed by atoms with van der Waals surface area (Å²) in [6.07, 6.45) is 10.6. The predicted octanol–water partition coefficient (Wildman–Crippen LogP) is 3.83. The van der Waals surface area contributed by atoms with Crippen molar-refractivity contribution in [1.29, 1.82) is 0 Å². The van der Waals surface area contributed by atoms with E-state index in [1.54, 1.807) is 30.4 Å². The molecule has 2 aliphatic rings. The summed E-state index contributed by atoms with van der Waals surface area (Å²) in [6, 6.07) is 4.93. The summed E-state index contributed by atoms with van der Waals surface area (Å²) in [7, 11) is 1.93. The summed E-state index contributed by atoms with van der Waals surface area (Å²) in [6.45, 7) is 4.06. The molecule has 0 amide bonds. The maximum Gasteiger partial charge on any atom is 0.269 e. The van der Waals surface area contributed by atoms with E-state index in [0.717, 1.165) is 16.9 Å². The first kappa shape index (κ1) is 15.9. The van der Waals surface area contributed by atoms with Crippen LogP contribution in [0.4, 0.5) is 11.4 Å². The number of benzene rings is 1. The minimum absolute atomic E-state index is 0.0269. The SMILES string of the molecule is CN1C(=CC=C2C=CC=CC2=O)C(C)(C)c2cc([N+](=O)[O-])ccc21. The minimum Gasteiger partial charge on any atom is -0.347 e. The number of rotatable bonds is 2. The van der Waals surface area contributed by atoms with Crippen LogP contribution in [0.3, 0.4) is 0 Å². The molecule has 0 spiro atoms. The Balaban J connectivity index is 2.05. The zero-order valence-corrected chi connectivity index (χ0v) is 13.8. The van der Waals surface area contributed by atoms with E-state index < -0.39 is 0 Å². The normalized spacial score (nSPS) is 21.6. The van der Waals surface area contributed by atoms with Crippen molar-refractivity contribution in [2.75, 3.05) is 11.9 Å². The Morgan fingerprint density at radius 3 is 2.54 bits per heavy atom. The molecule has 122 valence electrons. The third-order valence-electron chi connectivity index (χ3n) is 4.57.